The maximum absolute atomic E-state index is 12.1. The summed E-state index contributed by atoms with van der Waals surface area (Å²) in [6, 6.07) is 14.6. The molecular formula is C19H21NO4. The van der Waals surface area contributed by atoms with Crippen LogP contribution in [0.25, 0.3) is 0 Å². The molecule has 0 bridgehead atoms. The highest BCUT2D eigenvalue weighted by molar-refractivity contribution is 5.95. The number of aryl methyl sites for hydroxylation is 1. The van der Waals surface area contributed by atoms with Crippen molar-refractivity contribution >= 4 is 17.6 Å². The Morgan fingerprint density at radius 2 is 1.83 bits per heavy atom. The molecule has 0 aliphatic rings. The van der Waals surface area contributed by atoms with Gasteiger partial charge in [0.1, 0.15) is 5.75 Å². The van der Waals surface area contributed by atoms with Gasteiger partial charge in [-0.05, 0) is 49.2 Å². The van der Waals surface area contributed by atoms with E-state index in [-0.39, 0.29) is 12.3 Å². The fraction of sp³-hybridized carbons (Fsp3) is 0.263. The van der Waals surface area contributed by atoms with Gasteiger partial charge in [0.05, 0.1) is 13.5 Å². The Morgan fingerprint density at radius 1 is 1.12 bits per heavy atom. The van der Waals surface area contributed by atoms with Gasteiger partial charge >= 0.3 is 5.97 Å². The van der Waals surface area contributed by atoms with Crippen LogP contribution in [0.1, 0.15) is 18.1 Å². The van der Waals surface area contributed by atoms with Crippen molar-refractivity contribution in [2.75, 3.05) is 12.4 Å². The first kappa shape index (κ1) is 17.5. The van der Waals surface area contributed by atoms with Crippen LogP contribution in [-0.2, 0) is 20.7 Å². The third kappa shape index (κ3) is 5.12. The number of rotatable bonds is 6. The maximum Gasteiger partial charge on any atom is 0.311 e. The summed E-state index contributed by atoms with van der Waals surface area (Å²) in [6.07, 6.45) is -0.761. The highest BCUT2D eigenvalue weighted by Crippen LogP contribution is 2.13. The Balaban J connectivity index is 1.86. The Labute approximate surface area is 141 Å². The minimum absolute atomic E-state index is 0.103. The van der Waals surface area contributed by atoms with E-state index in [4.69, 9.17) is 9.47 Å². The van der Waals surface area contributed by atoms with Crippen LogP contribution in [0.2, 0.25) is 0 Å². The molecule has 0 unspecified atom stereocenters. The number of carbonyl (C=O) groups excluding carboxylic acids is 2. The zero-order valence-electron chi connectivity index (χ0n) is 14.0. The minimum atomic E-state index is -0.865. The molecule has 2 aromatic carbocycles. The van der Waals surface area contributed by atoms with Crippen molar-refractivity contribution in [1.82, 2.24) is 0 Å². The number of amides is 1. The summed E-state index contributed by atoms with van der Waals surface area (Å²) in [7, 11) is 1.58. The monoisotopic (exact) mass is 327 g/mol. The third-order valence-corrected chi connectivity index (χ3v) is 3.47. The van der Waals surface area contributed by atoms with E-state index in [2.05, 4.69) is 5.32 Å². The van der Waals surface area contributed by atoms with E-state index >= 15 is 0 Å². The van der Waals surface area contributed by atoms with Gasteiger partial charge in [-0.2, -0.15) is 0 Å². The van der Waals surface area contributed by atoms with E-state index in [0.29, 0.717) is 5.69 Å². The average molecular weight is 327 g/mol. The van der Waals surface area contributed by atoms with Gasteiger partial charge < -0.3 is 14.8 Å². The smallest absolute Gasteiger partial charge is 0.311 e. The van der Waals surface area contributed by atoms with Gasteiger partial charge in [-0.25, -0.2) is 0 Å². The van der Waals surface area contributed by atoms with Crippen LogP contribution in [0.5, 0.6) is 5.75 Å². The van der Waals surface area contributed by atoms with Gasteiger partial charge in [-0.3, -0.25) is 9.59 Å². The van der Waals surface area contributed by atoms with Gasteiger partial charge in [-0.1, -0.05) is 24.3 Å². The van der Waals surface area contributed by atoms with E-state index in [0.717, 1.165) is 16.9 Å². The summed E-state index contributed by atoms with van der Waals surface area (Å²) < 4.78 is 10.3. The lowest BCUT2D eigenvalue weighted by molar-refractivity contribution is -0.152. The third-order valence-electron chi connectivity index (χ3n) is 3.47. The first-order valence-corrected chi connectivity index (χ1v) is 7.68. The molecule has 0 spiro atoms. The number of hydrogen-bond acceptors (Lipinski definition) is 4. The lowest BCUT2D eigenvalue weighted by Crippen LogP contribution is -2.30. The van der Waals surface area contributed by atoms with Crippen LogP contribution in [-0.4, -0.2) is 25.1 Å². The van der Waals surface area contributed by atoms with E-state index in [9.17, 15) is 9.59 Å². The molecule has 0 saturated heterocycles. The number of ether oxygens (including phenoxy) is 2. The second-order valence-corrected chi connectivity index (χ2v) is 5.52. The maximum atomic E-state index is 12.1. The average Bonchev–Trinajstić information content (AvgIpc) is 2.55. The largest absolute Gasteiger partial charge is 0.497 e. The number of esters is 1. The van der Waals surface area contributed by atoms with Gasteiger partial charge in [-0.15, -0.1) is 0 Å². The fourth-order valence-electron chi connectivity index (χ4n) is 2.17. The first-order valence-electron chi connectivity index (χ1n) is 7.68. The Kier molecular flexibility index (Phi) is 5.95. The van der Waals surface area contributed by atoms with Crippen LogP contribution in [0, 0.1) is 6.92 Å². The number of nitrogens with one attached hydrogen (secondary N) is 1. The number of hydrogen-bond donors (Lipinski definition) is 1. The number of anilines is 1. The van der Waals surface area contributed by atoms with Gasteiger partial charge in [0.25, 0.3) is 5.91 Å². The molecule has 1 atom stereocenters. The minimum Gasteiger partial charge on any atom is -0.497 e. The number of methoxy groups -OCH3 is 1. The predicted molar refractivity (Wildman–Crippen MR) is 92.1 cm³/mol. The van der Waals surface area contributed by atoms with E-state index in [1.54, 1.807) is 44.4 Å². The van der Waals surface area contributed by atoms with Crippen molar-refractivity contribution in [2.45, 2.75) is 26.4 Å². The topological polar surface area (TPSA) is 64.6 Å². The summed E-state index contributed by atoms with van der Waals surface area (Å²) in [6.45, 7) is 3.49. The lowest BCUT2D eigenvalue weighted by Gasteiger charge is -2.14. The molecule has 5 heteroatoms. The molecule has 1 amide bonds. The molecule has 0 fully saturated rings. The fourth-order valence-corrected chi connectivity index (χ4v) is 2.17. The predicted octanol–water partition coefficient (Wildman–Crippen LogP) is 3.12. The second-order valence-electron chi connectivity index (χ2n) is 5.52. The Morgan fingerprint density at radius 3 is 2.46 bits per heavy atom. The van der Waals surface area contributed by atoms with Crippen molar-refractivity contribution in [3.05, 3.63) is 59.7 Å². The molecule has 0 saturated carbocycles. The van der Waals surface area contributed by atoms with Crippen LogP contribution in [0.3, 0.4) is 0 Å². The molecule has 0 heterocycles. The summed E-state index contributed by atoms with van der Waals surface area (Å²) in [5.41, 5.74) is 2.52. The molecule has 0 aliphatic carbocycles. The SMILES string of the molecule is COc1ccc(CC(=O)O[C@H](C)C(=O)Nc2cccc(C)c2)cc1. The standard InChI is InChI=1S/C19H21NO4/c1-13-5-4-6-16(11-13)20-19(22)14(2)24-18(21)12-15-7-9-17(23-3)10-8-15/h4-11,14H,12H2,1-3H3,(H,20,22)/t14-/m1/s1. The van der Waals surface area contributed by atoms with E-state index in [1.165, 1.54) is 0 Å². The summed E-state index contributed by atoms with van der Waals surface area (Å²) in [5.74, 6) is -0.0891. The molecule has 5 nitrogen and oxygen atoms in total. The van der Waals surface area contributed by atoms with Gasteiger partial charge in [0.15, 0.2) is 6.10 Å². The first-order chi connectivity index (χ1) is 11.5. The molecular weight excluding hydrogens is 306 g/mol. The Bertz CT molecular complexity index is 710. The normalized spacial score (nSPS) is 11.5. The van der Waals surface area contributed by atoms with Crippen LogP contribution >= 0.6 is 0 Å². The zero-order valence-corrected chi connectivity index (χ0v) is 14.0. The molecule has 126 valence electrons. The second kappa shape index (κ2) is 8.15. The molecule has 0 aromatic heterocycles. The van der Waals surface area contributed by atoms with Gasteiger partial charge in [0, 0.05) is 5.69 Å². The van der Waals surface area contributed by atoms with Crippen molar-refractivity contribution in [2.24, 2.45) is 0 Å². The zero-order chi connectivity index (χ0) is 17.5. The summed E-state index contributed by atoms with van der Waals surface area (Å²) in [5, 5.41) is 2.73. The summed E-state index contributed by atoms with van der Waals surface area (Å²) >= 11 is 0. The number of carbonyl (C=O) groups is 2. The molecule has 1 N–H and O–H groups in total. The quantitative estimate of drug-likeness (QED) is 0.828. The highest BCUT2D eigenvalue weighted by atomic mass is 16.5. The van der Waals surface area contributed by atoms with E-state index in [1.807, 2.05) is 25.1 Å². The van der Waals surface area contributed by atoms with Crippen molar-refractivity contribution in [3.63, 3.8) is 0 Å². The van der Waals surface area contributed by atoms with E-state index < -0.39 is 12.1 Å². The Hall–Kier alpha value is -2.82. The molecule has 24 heavy (non-hydrogen) atoms. The molecule has 0 aliphatic heterocycles. The molecule has 0 radical (unpaired) electrons. The number of benzene rings is 2. The van der Waals surface area contributed by atoms with Gasteiger partial charge in [0.2, 0.25) is 0 Å². The van der Waals surface area contributed by atoms with Crippen LogP contribution in [0.4, 0.5) is 5.69 Å². The van der Waals surface area contributed by atoms with Crippen LogP contribution < -0.4 is 10.1 Å². The van der Waals surface area contributed by atoms with Crippen molar-refractivity contribution in [1.29, 1.82) is 0 Å². The van der Waals surface area contributed by atoms with Crippen molar-refractivity contribution < 1.29 is 19.1 Å². The van der Waals surface area contributed by atoms with Crippen molar-refractivity contribution in [3.8, 4) is 5.75 Å². The molecule has 2 rings (SSSR count). The highest BCUT2D eigenvalue weighted by Gasteiger charge is 2.18. The molecule has 2 aromatic rings. The summed E-state index contributed by atoms with van der Waals surface area (Å²) in [4.78, 5) is 24.0. The van der Waals surface area contributed by atoms with Crippen LogP contribution in [0.15, 0.2) is 48.5 Å². The lowest BCUT2D eigenvalue weighted by atomic mass is 10.1.